The van der Waals surface area contributed by atoms with Crippen molar-refractivity contribution < 1.29 is 18.0 Å². The zero-order valence-electron chi connectivity index (χ0n) is 15.4. The number of carbonyl (C=O) groups is 1. The van der Waals surface area contributed by atoms with Crippen LogP contribution in [0.5, 0.6) is 0 Å². The first-order valence-electron chi connectivity index (χ1n) is 8.99. The average Bonchev–Trinajstić information content (AvgIpc) is 3.30. The smallest absolute Gasteiger partial charge is 0.350 e. The van der Waals surface area contributed by atoms with Crippen LogP contribution in [-0.2, 0) is 12.6 Å². The van der Waals surface area contributed by atoms with Crippen LogP contribution >= 0.6 is 22.9 Å². The molecule has 1 amide bonds. The highest BCUT2D eigenvalue weighted by atomic mass is 35.5. The second kappa shape index (κ2) is 8.12. The number of aromatic nitrogens is 2. The molecule has 2 aromatic heterocycles. The van der Waals surface area contributed by atoms with Crippen molar-refractivity contribution in [1.82, 2.24) is 14.7 Å². The molecule has 0 unspecified atom stereocenters. The fourth-order valence-electron chi connectivity index (χ4n) is 3.09. The molecule has 0 saturated carbocycles. The number of benzene rings is 2. The van der Waals surface area contributed by atoms with Crippen molar-refractivity contribution in [2.75, 3.05) is 6.54 Å². The van der Waals surface area contributed by atoms with Crippen LogP contribution in [0.3, 0.4) is 0 Å². The van der Waals surface area contributed by atoms with E-state index in [9.17, 15) is 18.0 Å². The summed E-state index contributed by atoms with van der Waals surface area (Å²) in [5.41, 5.74) is 1.40. The number of halogens is 4. The first-order valence-corrected chi connectivity index (χ1v) is 10.2. The highest BCUT2D eigenvalue weighted by molar-refractivity contribution is 7.15. The summed E-state index contributed by atoms with van der Waals surface area (Å²) in [4.78, 5) is 17.8. The Morgan fingerprint density at radius 3 is 2.47 bits per heavy atom. The molecule has 0 aliphatic carbocycles. The summed E-state index contributed by atoms with van der Waals surface area (Å²) in [6.45, 7) is 0.387. The van der Waals surface area contributed by atoms with Crippen molar-refractivity contribution in [2.45, 2.75) is 12.6 Å². The van der Waals surface area contributed by atoms with Gasteiger partial charge in [-0.25, -0.2) is 4.98 Å². The van der Waals surface area contributed by atoms with Gasteiger partial charge in [-0.1, -0.05) is 35.9 Å². The lowest BCUT2D eigenvalue weighted by molar-refractivity contribution is -0.137. The van der Waals surface area contributed by atoms with Gasteiger partial charge in [0.05, 0.1) is 11.3 Å². The Kier molecular flexibility index (Phi) is 5.53. The van der Waals surface area contributed by atoms with Crippen LogP contribution in [0.1, 0.15) is 21.6 Å². The first-order chi connectivity index (χ1) is 14.3. The third-order valence-electron chi connectivity index (χ3n) is 4.58. The minimum absolute atomic E-state index is 0.178. The molecule has 0 bridgehead atoms. The van der Waals surface area contributed by atoms with Gasteiger partial charge in [-0.05, 0) is 36.2 Å². The zero-order valence-corrected chi connectivity index (χ0v) is 17.0. The molecule has 4 nitrogen and oxygen atoms in total. The molecule has 0 atom stereocenters. The van der Waals surface area contributed by atoms with Crippen LogP contribution in [0, 0.1) is 0 Å². The number of imidazole rings is 1. The molecule has 0 saturated heterocycles. The quantitative estimate of drug-likeness (QED) is 0.424. The maximum absolute atomic E-state index is 12.9. The van der Waals surface area contributed by atoms with Gasteiger partial charge < -0.3 is 5.32 Å². The van der Waals surface area contributed by atoms with Crippen LogP contribution in [0.25, 0.3) is 16.2 Å². The number of alkyl halides is 3. The first kappa shape index (κ1) is 20.4. The fourth-order valence-corrected chi connectivity index (χ4v) is 3.93. The third kappa shape index (κ3) is 4.20. The number of hydrogen-bond donors (Lipinski definition) is 1. The number of rotatable bonds is 5. The van der Waals surface area contributed by atoms with Gasteiger partial charge in [-0.15, -0.1) is 11.3 Å². The Bertz CT molecular complexity index is 1180. The second-order valence-corrected chi connectivity index (χ2v) is 7.88. The SMILES string of the molecule is O=C(NCCc1ccc(Cl)cc1)c1nc2sccn2c1-c1ccc(C(F)(F)F)cc1. The van der Waals surface area contributed by atoms with Crippen molar-refractivity contribution in [3.05, 3.63) is 82.0 Å². The van der Waals surface area contributed by atoms with Crippen LogP contribution in [0.2, 0.25) is 5.02 Å². The highest BCUT2D eigenvalue weighted by Gasteiger charge is 2.30. The lowest BCUT2D eigenvalue weighted by atomic mass is 10.1. The summed E-state index contributed by atoms with van der Waals surface area (Å²) in [5.74, 6) is -0.380. The van der Waals surface area contributed by atoms with E-state index in [0.717, 1.165) is 17.7 Å². The van der Waals surface area contributed by atoms with Crippen molar-refractivity contribution in [3.63, 3.8) is 0 Å². The number of thiazole rings is 1. The van der Waals surface area contributed by atoms with Crippen LogP contribution in [0.15, 0.2) is 60.1 Å². The maximum Gasteiger partial charge on any atom is 0.416 e. The van der Waals surface area contributed by atoms with Gasteiger partial charge in [-0.2, -0.15) is 13.2 Å². The number of amides is 1. The molecule has 2 aromatic carbocycles. The Balaban J connectivity index is 1.57. The van der Waals surface area contributed by atoms with E-state index in [1.54, 1.807) is 28.1 Å². The monoisotopic (exact) mass is 449 g/mol. The average molecular weight is 450 g/mol. The maximum atomic E-state index is 12.9. The van der Waals surface area contributed by atoms with Crippen LogP contribution in [0.4, 0.5) is 13.2 Å². The predicted molar refractivity (Wildman–Crippen MR) is 111 cm³/mol. The lowest BCUT2D eigenvalue weighted by Gasteiger charge is -2.09. The summed E-state index contributed by atoms with van der Waals surface area (Å²) in [5, 5.41) is 5.28. The molecule has 9 heteroatoms. The lowest BCUT2D eigenvalue weighted by Crippen LogP contribution is -2.26. The van der Waals surface area contributed by atoms with Gasteiger partial charge >= 0.3 is 6.18 Å². The van der Waals surface area contributed by atoms with Gasteiger partial charge in [0.2, 0.25) is 0 Å². The molecule has 4 aromatic rings. The number of nitrogens with one attached hydrogen (secondary N) is 1. The van der Waals surface area contributed by atoms with Gasteiger partial charge in [0.25, 0.3) is 5.91 Å². The molecule has 0 aliphatic rings. The van der Waals surface area contributed by atoms with Crippen molar-refractivity contribution in [1.29, 1.82) is 0 Å². The van der Waals surface area contributed by atoms with Crippen LogP contribution in [-0.4, -0.2) is 21.8 Å². The standard InChI is InChI=1S/C21H15ClF3N3OS/c22-16-7-1-13(2-8-16)9-10-26-19(29)17-18(28-11-12-30-20(28)27-17)14-3-5-15(6-4-14)21(23,24)25/h1-8,11-12H,9-10H2,(H,26,29). The topological polar surface area (TPSA) is 46.4 Å². The Morgan fingerprint density at radius 1 is 1.10 bits per heavy atom. The second-order valence-electron chi connectivity index (χ2n) is 6.57. The normalized spacial score (nSPS) is 11.7. The number of carbonyl (C=O) groups excluding carboxylic acids is 1. The zero-order chi connectivity index (χ0) is 21.3. The molecule has 1 N–H and O–H groups in total. The number of hydrogen-bond acceptors (Lipinski definition) is 3. The highest BCUT2D eigenvalue weighted by Crippen LogP contribution is 2.33. The summed E-state index contributed by atoms with van der Waals surface area (Å²) < 4.78 is 40.4. The Morgan fingerprint density at radius 2 is 1.80 bits per heavy atom. The summed E-state index contributed by atoms with van der Waals surface area (Å²) in [6.07, 6.45) is -2.07. The molecular weight excluding hydrogens is 435 g/mol. The molecule has 2 heterocycles. The van der Waals surface area contributed by atoms with Gasteiger partial charge in [-0.3, -0.25) is 9.20 Å². The third-order valence-corrected chi connectivity index (χ3v) is 5.58. The van der Waals surface area contributed by atoms with E-state index >= 15 is 0 Å². The molecule has 30 heavy (non-hydrogen) atoms. The van der Waals surface area contributed by atoms with Crippen molar-refractivity contribution >= 4 is 33.8 Å². The van der Waals surface area contributed by atoms with Crippen molar-refractivity contribution in [3.8, 4) is 11.3 Å². The molecule has 0 fully saturated rings. The molecule has 0 spiro atoms. The number of fused-ring (bicyclic) bond motifs is 1. The fraction of sp³-hybridized carbons (Fsp3) is 0.143. The Hall–Kier alpha value is -2.84. The van der Waals surface area contributed by atoms with E-state index in [0.29, 0.717) is 34.2 Å². The largest absolute Gasteiger partial charge is 0.416 e. The predicted octanol–water partition coefficient (Wildman–Crippen LogP) is 5.71. The van der Waals surface area contributed by atoms with E-state index in [1.165, 1.54) is 23.5 Å². The molecule has 4 rings (SSSR count). The van der Waals surface area contributed by atoms with E-state index < -0.39 is 11.7 Å². The summed E-state index contributed by atoms with van der Waals surface area (Å²) >= 11 is 7.22. The van der Waals surface area contributed by atoms with E-state index in [-0.39, 0.29) is 11.6 Å². The van der Waals surface area contributed by atoms with Gasteiger partial charge in [0, 0.05) is 28.7 Å². The van der Waals surface area contributed by atoms with Gasteiger partial charge in [0.1, 0.15) is 0 Å². The number of nitrogens with zero attached hydrogens (tertiary/aromatic N) is 2. The van der Waals surface area contributed by atoms with Crippen molar-refractivity contribution in [2.24, 2.45) is 0 Å². The Labute approximate surface area is 178 Å². The van der Waals surface area contributed by atoms with Crippen LogP contribution < -0.4 is 5.32 Å². The van der Waals surface area contributed by atoms with Gasteiger partial charge in [0.15, 0.2) is 10.7 Å². The minimum atomic E-state index is -4.42. The summed E-state index contributed by atoms with van der Waals surface area (Å²) in [7, 11) is 0. The van der Waals surface area contributed by atoms with E-state index in [2.05, 4.69) is 10.3 Å². The molecule has 154 valence electrons. The molecule has 0 radical (unpaired) electrons. The summed E-state index contributed by atoms with van der Waals surface area (Å²) in [6, 6.07) is 12.1. The minimum Gasteiger partial charge on any atom is -0.350 e. The molecule has 0 aliphatic heterocycles. The van der Waals surface area contributed by atoms with E-state index in [4.69, 9.17) is 11.6 Å². The van der Waals surface area contributed by atoms with E-state index in [1.807, 2.05) is 12.1 Å². The molecular formula is C21H15ClF3N3OS.